The highest BCUT2D eigenvalue weighted by Crippen LogP contribution is 2.19. The summed E-state index contributed by atoms with van der Waals surface area (Å²) >= 11 is 3.21. The fourth-order valence-corrected chi connectivity index (χ4v) is 2.34. The quantitative estimate of drug-likeness (QED) is 0.710. The fraction of sp³-hybridized carbons (Fsp3) is 0.500. The Hall–Kier alpha value is -1.74. The summed E-state index contributed by atoms with van der Waals surface area (Å²) in [5.41, 5.74) is 0.104. The van der Waals surface area contributed by atoms with Gasteiger partial charge in [-0.2, -0.15) is 5.10 Å². The van der Waals surface area contributed by atoms with Crippen molar-refractivity contribution < 1.29 is 14.3 Å². The fourth-order valence-electron chi connectivity index (χ4n) is 1.92. The van der Waals surface area contributed by atoms with E-state index in [0.29, 0.717) is 29.7 Å². The summed E-state index contributed by atoms with van der Waals surface area (Å²) < 4.78 is 6.46. The lowest BCUT2D eigenvalue weighted by Gasteiger charge is -2.23. The summed E-state index contributed by atoms with van der Waals surface area (Å²) in [4.78, 5) is 34.8. The number of anilines is 1. The summed E-state index contributed by atoms with van der Waals surface area (Å²) in [6.45, 7) is 0.714. The summed E-state index contributed by atoms with van der Waals surface area (Å²) in [5.74, 6) is -0.688. The topological polar surface area (TPSA) is 102 Å². The van der Waals surface area contributed by atoms with Crippen LogP contribution in [0.2, 0.25) is 0 Å². The smallest absolute Gasteiger partial charge is 0.283 e. The Morgan fingerprint density at radius 2 is 2.29 bits per heavy atom. The molecule has 2 amide bonds. The van der Waals surface area contributed by atoms with Gasteiger partial charge in [0.05, 0.1) is 25.0 Å². The lowest BCUT2D eigenvalue weighted by molar-refractivity contribution is -0.133. The number of piperidine rings is 1. The maximum atomic E-state index is 12.1. The number of aromatic nitrogens is 2. The molecule has 1 aliphatic heterocycles. The third-order valence-electron chi connectivity index (χ3n) is 3.06. The van der Waals surface area contributed by atoms with Gasteiger partial charge in [0.25, 0.3) is 5.56 Å². The number of nitrogens with zero attached hydrogens (tertiary/aromatic N) is 2. The van der Waals surface area contributed by atoms with Gasteiger partial charge < -0.3 is 10.1 Å². The van der Waals surface area contributed by atoms with Crippen molar-refractivity contribution in [3.63, 3.8) is 0 Å². The van der Waals surface area contributed by atoms with Crippen LogP contribution in [0.4, 0.5) is 5.69 Å². The van der Waals surface area contributed by atoms with Crippen molar-refractivity contribution in [1.82, 2.24) is 15.1 Å². The number of carbonyl (C=O) groups excluding carboxylic acids is 2. The molecule has 2 N–H and O–H groups in total. The average Bonchev–Trinajstić information content (AvgIpc) is 2.45. The highest BCUT2D eigenvalue weighted by atomic mass is 79.9. The molecule has 2 heterocycles. The Bertz CT molecular complexity index is 616. The molecule has 1 saturated heterocycles. The molecule has 0 bridgehead atoms. The second-order valence-corrected chi connectivity index (χ2v) is 5.33. The van der Waals surface area contributed by atoms with Gasteiger partial charge in [0.2, 0.25) is 11.8 Å². The van der Waals surface area contributed by atoms with Crippen molar-refractivity contribution in [3.8, 4) is 0 Å². The summed E-state index contributed by atoms with van der Waals surface area (Å²) in [5, 5.41) is 9.19. The van der Waals surface area contributed by atoms with Gasteiger partial charge in [-0.15, -0.1) is 0 Å². The lowest BCUT2D eigenvalue weighted by atomic mass is 10.1. The number of hydrogen-bond donors (Lipinski definition) is 2. The highest BCUT2D eigenvalue weighted by molar-refractivity contribution is 9.10. The van der Waals surface area contributed by atoms with Crippen molar-refractivity contribution in [2.24, 2.45) is 0 Å². The normalized spacial score (nSPS) is 18.5. The molecule has 8 nitrogen and oxygen atoms in total. The second kappa shape index (κ2) is 6.81. The summed E-state index contributed by atoms with van der Waals surface area (Å²) in [7, 11) is 1.54. The van der Waals surface area contributed by atoms with Gasteiger partial charge in [0.1, 0.15) is 10.5 Å². The molecule has 9 heteroatoms. The molecule has 1 fully saturated rings. The first kappa shape index (κ1) is 15.6. The van der Waals surface area contributed by atoms with Crippen LogP contribution in [0, 0.1) is 0 Å². The van der Waals surface area contributed by atoms with Crippen LogP contribution in [0.1, 0.15) is 12.8 Å². The zero-order valence-corrected chi connectivity index (χ0v) is 13.0. The molecule has 2 rings (SSSR count). The van der Waals surface area contributed by atoms with Crippen LogP contribution in [0.3, 0.4) is 0 Å². The van der Waals surface area contributed by atoms with Gasteiger partial charge in [-0.25, -0.2) is 4.68 Å². The third-order valence-corrected chi connectivity index (χ3v) is 3.83. The van der Waals surface area contributed by atoms with Crippen molar-refractivity contribution >= 4 is 33.4 Å². The molecule has 114 valence electrons. The molecular formula is C12H15BrN4O4. The van der Waals surface area contributed by atoms with Crippen LogP contribution in [-0.2, 0) is 20.9 Å². The molecule has 1 aliphatic rings. The number of amides is 2. The summed E-state index contributed by atoms with van der Waals surface area (Å²) in [6, 6.07) is -0.560. The van der Waals surface area contributed by atoms with Crippen molar-refractivity contribution in [3.05, 3.63) is 21.0 Å². The first-order valence-corrected chi connectivity index (χ1v) is 7.17. The molecule has 0 radical (unpaired) electrons. The monoisotopic (exact) mass is 358 g/mol. The number of hydrogen-bond acceptors (Lipinski definition) is 6. The molecule has 0 spiro atoms. The maximum absolute atomic E-state index is 12.1. The van der Waals surface area contributed by atoms with E-state index in [1.807, 2.05) is 0 Å². The average molecular weight is 359 g/mol. The zero-order chi connectivity index (χ0) is 15.4. The van der Waals surface area contributed by atoms with Crippen molar-refractivity contribution in [1.29, 1.82) is 0 Å². The molecule has 1 aromatic rings. The van der Waals surface area contributed by atoms with Crippen LogP contribution in [0.5, 0.6) is 0 Å². The molecule has 0 aromatic carbocycles. The standard InChI is InChI=1S/C12H15BrN4O4/c1-21-5-4-17-12(20)10(13)8(6-14-17)15-7-2-3-9(18)16-11(7)19/h6-7,15H,2-5H2,1H3,(H,16,18,19). The minimum atomic E-state index is -0.560. The van der Waals surface area contributed by atoms with Crippen molar-refractivity contribution in [2.75, 3.05) is 19.0 Å². The number of carbonyl (C=O) groups is 2. The van der Waals surface area contributed by atoms with Gasteiger partial charge in [-0.05, 0) is 22.4 Å². The Balaban J connectivity index is 2.14. The predicted molar refractivity (Wildman–Crippen MR) is 77.9 cm³/mol. The van der Waals surface area contributed by atoms with E-state index in [0.717, 1.165) is 0 Å². The molecule has 1 unspecified atom stereocenters. The first-order chi connectivity index (χ1) is 10.0. The molecule has 0 saturated carbocycles. The Morgan fingerprint density at radius 1 is 1.52 bits per heavy atom. The van der Waals surface area contributed by atoms with E-state index in [-0.39, 0.29) is 17.9 Å². The number of ether oxygens (including phenoxy) is 1. The van der Waals surface area contributed by atoms with E-state index in [1.165, 1.54) is 10.9 Å². The van der Waals surface area contributed by atoms with E-state index >= 15 is 0 Å². The number of imide groups is 1. The first-order valence-electron chi connectivity index (χ1n) is 6.37. The van der Waals surface area contributed by atoms with Gasteiger partial charge >= 0.3 is 0 Å². The highest BCUT2D eigenvalue weighted by Gasteiger charge is 2.27. The number of nitrogens with one attached hydrogen (secondary N) is 2. The van der Waals surface area contributed by atoms with Crippen LogP contribution >= 0.6 is 15.9 Å². The van der Waals surface area contributed by atoms with E-state index in [9.17, 15) is 14.4 Å². The Morgan fingerprint density at radius 3 is 2.95 bits per heavy atom. The van der Waals surface area contributed by atoms with Crippen LogP contribution in [0.15, 0.2) is 15.5 Å². The number of methoxy groups -OCH3 is 1. The van der Waals surface area contributed by atoms with E-state index in [2.05, 4.69) is 31.7 Å². The van der Waals surface area contributed by atoms with Gasteiger partial charge in [-0.1, -0.05) is 0 Å². The molecular weight excluding hydrogens is 344 g/mol. The SMILES string of the molecule is COCCn1ncc(NC2CCC(=O)NC2=O)c(Br)c1=O. The van der Waals surface area contributed by atoms with Crippen LogP contribution in [0.25, 0.3) is 0 Å². The van der Waals surface area contributed by atoms with Gasteiger partial charge in [0, 0.05) is 13.5 Å². The van der Waals surface area contributed by atoms with Gasteiger partial charge in [-0.3, -0.25) is 19.7 Å². The maximum Gasteiger partial charge on any atom is 0.283 e. The Labute approximate surface area is 129 Å². The van der Waals surface area contributed by atoms with Crippen LogP contribution < -0.4 is 16.2 Å². The molecule has 0 aliphatic carbocycles. The molecule has 1 aromatic heterocycles. The zero-order valence-electron chi connectivity index (χ0n) is 11.4. The molecule has 1 atom stereocenters. The third kappa shape index (κ3) is 3.67. The number of halogens is 1. The molecule has 21 heavy (non-hydrogen) atoms. The second-order valence-electron chi connectivity index (χ2n) is 4.54. The van der Waals surface area contributed by atoms with E-state index in [1.54, 1.807) is 7.11 Å². The van der Waals surface area contributed by atoms with E-state index < -0.39 is 11.9 Å². The van der Waals surface area contributed by atoms with Crippen LogP contribution in [-0.4, -0.2) is 41.4 Å². The predicted octanol–water partition coefficient (Wildman–Crippen LogP) is -0.131. The van der Waals surface area contributed by atoms with Crippen molar-refractivity contribution in [2.45, 2.75) is 25.4 Å². The lowest BCUT2D eigenvalue weighted by Crippen LogP contribution is -2.47. The van der Waals surface area contributed by atoms with E-state index in [4.69, 9.17) is 4.74 Å². The van der Waals surface area contributed by atoms with Gasteiger partial charge in [0.15, 0.2) is 0 Å². The largest absolute Gasteiger partial charge is 0.383 e. The minimum absolute atomic E-state index is 0.263. The Kier molecular flexibility index (Phi) is 5.07. The summed E-state index contributed by atoms with van der Waals surface area (Å²) in [6.07, 6.45) is 2.11. The number of rotatable bonds is 5. The minimum Gasteiger partial charge on any atom is -0.383 e.